The number of hydrogen-bond acceptors (Lipinski definition) is 5. The average Bonchev–Trinajstić information content (AvgIpc) is 2.87. The summed E-state index contributed by atoms with van der Waals surface area (Å²) in [6, 6.07) is 19.8. The first kappa shape index (κ1) is 21.8. The van der Waals surface area contributed by atoms with Crippen molar-refractivity contribution in [3.63, 3.8) is 0 Å². The first-order valence-corrected chi connectivity index (χ1v) is 11.4. The number of hydrogen-bond donors (Lipinski definition) is 1. The van der Waals surface area contributed by atoms with Crippen molar-refractivity contribution in [3.05, 3.63) is 72.4 Å². The Morgan fingerprint density at radius 2 is 1.94 bits per heavy atom. The van der Waals surface area contributed by atoms with Gasteiger partial charge in [-0.05, 0) is 43.0 Å². The van der Waals surface area contributed by atoms with E-state index in [-0.39, 0.29) is 11.8 Å². The number of anilines is 1. The maximum Gasteiger partial charge on any atom is 0.225 e. The fourth-order valence-electron chi connectivity index (χ4n) is 3.91. The number of carbonyl (C=O) groups excluding carboxylic acids is 1. The molecule has 0 saturated carbocycles. The van der Waals surface area contributed by atoms with E-state index in [0.29, 0.717) is 25.5 Å². The Morgan fingerprint density at radius 3 is 2.72 bits per heavy atom. The van der Waals surface area contributed by atoms with Crippen LogP contribution in [-0.2, 0) is 11.3 Å². The van der Waals surface area contributed by atoms with Gasteiger partial charge in [-0.15, -0.1) is 0 Å². The lowest BCUT2D eigenvalue weighted by Gasteiger charge is -2.33. The molecule has 1 saturated heterocycles. The molecule has 1 aliphatic heterocycles. The molecule has 166 valence electrons. The fraction of sp³-hybridized carbons (Fsp3) is 0.346. The number of nitrogens with one attached hydrogen (secondary N) is 1. The molecule has 1 N–H and O–H groups in total. The molecule has 0 unspecified atom stereocenters. The van der Waals surface area contributed by atoms with Crippen molar-refractivity contribution in [3.8, 4) is 17.1 Å². The molecule has 0 radical (unpaired) electrons. The zero-order valence-electron chi connectivity index (χ0n) is 18.5. The van der Waals surface area contributed by atoms with Crippen molar-refractivity contribution < 1.29 is 9.53 Å². The van der Waals surface area contributed by atoms with E-state index in [1.165, 1.54) is 0 Å². The number of piperidine rings is 1. The van der Waals surface area contributed by atoms with E-state index in [2.05, 4.69) is 22.1 Å². The Balaban J connectivity index is 1.34. The van der Waals surface area contributed by atoms with Gasteiger partial charge in [-0.25, -0.2) is 9.97 Å². The van der Waals surface area contributed by atoms with Crippen LogP contribution in [0.3, 0.4) is 0 Å². The second-order valence-electron chi connectivity index (χ2n) is 8.10. The summed E-state index contributed by atoms with van der Waals surface area (Å²) in [5.41, 5.74) is 2.06. The van der Waals surface area contributed by atoms with Gasteiger partial charge in [-0.2, -0.15) is 0 Å². The van der Waals surface area contributed by atoms with Crippen LogP contribution in [0.25, 0.3) is 11.4 Å². The number of carbonyl (C=O) groups is 1. The van der Waals surface area contributed by atoms with Gasteiger partial charge in [0.2, 0.25) is 5.91 Å². The van der Waals surface area contributed by atoms with E-state index in [4.69, 9.17) is 9.72 Å². The number of ether oxygens (including phenoxy) is 1. The van der Waals surface area contributed by atoms with Gasteiger partial charge in [0.1, 0.15) is 11.6 Å². The molecule has 0 aliphatic carbocycles. The van der Waals surface area contributed by atoms with Crippen molar-refractivity contribution in [2.75, 3.05) is 24.6 Å². The highest BCUT2D eigenvalue weighted by molar-refractivity contribution is 5.79. The molecule has 3 aromatic rings. The second kappa shape index (κ2) is 10.8. The Labute approximate surface area is 189 Å². The van der Waals surface area contributed by atoms with Gasteiger partial charge < -0.3 is 15.0 Å². The SMILES string of the molecule is CCCOc1ccc(CNC(=O)[C@H]2CCCN(c3ccnc(-c4ccccc4)n3)C2)cc1. The van der Waals surface area contributed by atoms with Crippen LogP contribution in [-0.4, -0.2) is 35.6 Å². The predicted octanol–water partition coefficient (Wildman–Crippen LogP) is 4.47. The largest absolute Gasteiger partial charge is 0.494 e. The zero-order valence-corrected chi connectivity index (χ0v) is 18.5. The van der Waals surface area contributed by atoms with E-state index < -0.39 is 0 Å². The summed E-state index contributed by atoms with van der Waals surface area (Å²) in [6.45, 7) is 4.89. The van der Waals surface area contributed by atoms with Crippen LogP contribution < -0.4 is 15.0 Å². The minimum absolute atomic E-state index is 0.0500. The maximum atomic E-state index is 12.8. The molecule has 2 aromatic carbocycles. The smallest absolute Gasteiger partial charge is 0.225 e. The van der Waals surface area contributed by atoms with Gasteiger partial charge in [0.25, 0.3) is 0 Å². The van der Waals surface area contributed by atoms with Crippen molar-refractivity contribution in [1.29, 1.82) is 0 Å². The lowest BCUT2D eigenvalue weighted by Crippen LogP contribution is -2.43. The molecule has 6 heteroatoms. The van der Waals surface area contributed by atoms with Gasteiger partial charge in [-0.1, -0.05) is 49.4 Å². The summed E-state index contributed by atoms with van der Waals surface area (Å²) in [5, 5.41) is 3.10. The van der Waals surface area contributed by atoms with Crippen LogP contribution in [0, 0.1) is 5.92 Å². The first-order valence-electron chi connectivity index (χ1n) is 11.4. The first-order chi connectivity index (χ1) is 15.7. The lowest BCUT2D eigenvalue weighted by atomic mass is 9.97. The van der Waals surface area contributed by atoms with Crippen molar-refractivity contribution in [2.45, 2.75) is 32.7 Å². The van der Waals surface area contributed by atoms with Crippen molar-refractivity contribution >= 4 is 11.7 Å². The molecular formula is C26H30N4O2. The summed E-state index contributed by atoms with van der Waals surface area (Å²) in [7, 11) is 0. The third-order valence-electron chi connectivity index (χ3n) is 5.65. The van der Waals surface area contributed by atoms with Gasteiger partial charge in [-0.3, -0.25) is 4.79 Å². The van der Waals surface area contributed by atoms with Crippen LogP contribution in [0.2, 0.25) is 0 Å². The molecule has 1 amide bonds. The molecule has 1 aromatic heterocycles. The van der Waals surface area contributed by atoms with Crippen LogP contribution in [0.1, 0.15) is 31.7 Å². The topological polar surface area (TPSA) is 67.3 Å². The van der Waals surface area contributed by atoms with E-state index in [9.17, 15) is 4.79 Å². The molecular weight excluding hydrogens is 400 g/mol. The minimum atomic E-state index is -0.0500. The molecule has 0 spiro atoms. The minimum Gasteiger partial charge on any atom is -0.494 e. The molecule has 0 bridgehead atoms. The molecule has 32 heavy (non-hydrogen) atoms. The quantitative estimate of drug-likeness (QED) is 0.571. The molecule has 1 fully saturated rings. The Morgan fingerprint density at radius 1 is 1.12 bits per heavy atom. The third kappa shape index (κ3) is 5.63. The summed E-state index contributed by atoms with van der Waals surface area (Å²) in [6.07, 6.45) is 4.63. The van der Waals surface area contributed by atoms with Crippen molar-refractivity contribution in [1.82, 2.24) is 15.3 Å². The van der Waals surface area contributed by atoms with E-state index >= 15 is 0 Å². The van der Waals surface area contributed by atoms with Crippen LogP contribution in [0.5, 0.6) is 5.75 Å². The molecule has 1 aliphatic rings. The van der Waals surface area contributed by atoms with E-state index in [0.717, 1.165) is 48.5 Å². The Hall–Kier alpha value is -3.41. The number of benzene rings is 2. The molecule has 6 nitrogen and oxygen atoms in total. The highest BCUT2D eigenvalue weighted by atomic mass is 16.5. The summed E-state index contributed by atoms with van der Waals surface area (Å²) in [4.78, 5) is 24.2. The maximum absolute atomic E-state index is 12.8. The highest BCUT2D eigenvalue weighted by Crippen LogP contribution is 2.24. The lowest BCUT2D eigenvalue weighted by molar-refractivity contribution is -0.125. The number of aromatic nitrogens is 2. The van der Waals surface area contributed by atoms with Gasteiger partial charge >= 0.3 is 0 Å². The summed E-state index contributed by atoms with van der Waals surface area (Å²) in [5.74, 6) is 2.49. The van der Waals surface area contributed by atoms with Crippen molar-refractivity contribution in [2.24, 2.45) is 5.92 Å². The molecule has 4 rings (SSSR count). The van der Waals surface area contributed by atoms with Crippen LogP contribution >= 0.6 is 0 Å². The standard InChI is InChI=1S/C26H30N4O2/c1-2-17-32-23-12-10-20(11-13-23)18-28-26(31)22-9-6-16-30(19-22)24-14-15-27-25(29-24)21-7-4-3-5-8-21/h3-5,7-8,10-15,22H,2,6,9,16-19H2,1H3,(H,28,31)/t22-/m0/s1. The van der Waals surface area contributed by atoms with E-state index in [1.807, 2.05) is 60.7 Å². The number of amides is 1. The molecule has 1 atom stereocenters. The van der Waals surface area contributed by atoms with Gasteiger partial charge in [0.05, 0.1) is 12.5 Å². The fourth-order valence-corrected chi connectivity index (χ4v) is 3.91. The van der Waals surface area contributed by atoms with Gasteiger partial charge in [0, 0.05) is 31.4 Å². The predicted molar refractivity (Wildman–Crippen MR) is 126 cm³/mol. The van der Waals surface area contributed by atoms with Gasteiger partial charge in [0.15, 0.2) is 5.82 Å². The second-order valence-corrected chi connectivity index (χ2v) is 8.10. The van der Waals surface area contributed by atoms with E-state index in [1.54, 1.807) is 6.20 Å². The number of nitrogens with zero attached hydrogens (tertiary/aromatic N) is 3. The monoisotopic (exact) mass is 430 g/mol. The Bertz CT molecular complexity index is 1010. The molecule has 2 heterocycles. The zero-order chi connectivity index (χ0) is 22.2. The average molecular weight is 431 g/mol. The normalized spacial score (nSPS) is 15.9. The Kier molecular flexibility index (Phi) is 7.33. The third-order valence-corrected chi connectivity index (χ3v) is 5.65. The van der Waals surface area contributed by atoms with Crippen LogP contribution in [0.4, 0.5) is 5.82 Å². The number of rotatable bonds is 8. The highest BCUT2D eigenvalue weighted by Gasteiger charge is 2.26. The van der Waals surface area contributed by atoms with Crippen LogP contribution in [0.15, 0.2) is 66.9 Å². The summed E-state index contributed by atoms with van der Waals surface area (Å²) < 4.78 is 5.62. The summed E-state index contributed by atoms with van der Waals surface area (Å²) >= 11 is 0.